The molecule has 2 saturated heterocycles. The molecule has 2 unspecified atom stereocenters. The molecule has 21 heavy (non-hydrogen) atoms. The van der Waals surface area contributed by atoms with Gasteiger partial charge >= 0.3 is 6.03 Å². The Kier molecular flexibility index (Phi) is 3.92. The van der Waals surface area contributed by atoms with E-state index < -0.39 is 0 Å². The van der Waals surface area contributed by atoms with Crippen molar-refractivity contribution in [2.24, 2.45) is 0 Å². The van der Waals surface area contributed by atoms with E-state index in [1.165, 1.54) is 0 Å². The number of carbonyl (C=O) groups excluding carboxylic acids is 2. The van der Waals surface area contributed by atoms with Crippen LogP contribution >= 0.6 is 0 Å². The summed E-state index contributed by atoms with van der Waals surface area (Å²) in [5, 5.41) is 3.32. The first-order valence-corrected chi connectivity index (χ1v) is 7.58. The number of para-hydroxylation sites is 1. The van der Waals surface area contributed by atoms with Crippen molar-refractivity contribution in [3.8, 4) is 0 Å². The highest BCUT2D eigenvalue weighted by molar-refractivity contribution is 5.94. The van der Waals surface area contributed by atoms with Gasteiger partial charge in [0.15, 0.2) is 0 Å². The zero-order chi connectivity index (χ0) is 14.8. The number of rotatable bonds is 2. The van der Waals surface area contributed by atoms with Crippen LogP contribution in [0.3, 0.4) is 0 Å². The lowest BCUT2D eigenvalue weighted by atomic mass is 9.91. The summed E-state index contributed by atoms with van der Waals surface area (Å²) in [4.78, 5) is 28.5. The Morgan fingerprint density at radius 3 is 2.43 bits per heavy atom. The molecular weight excluding hydrogens is 266 g/mol. The minimum Gasteiger partial charge on any atom is -0.315 e. The number of urea groups is 1. The number of nitrogens with one attached hydrogen (secondary N) is 1. The summed E-state index contributed by atoms with van der Waals surface area (Å²) in [5.41, 5.74) is 0.910. The zero-order valence-electron chi connectivity index (χ0n) is 12.3. The van der Waals surface area contributed by atoms with Crippen LogP contribution in [-0.4, -0.2) is 48.4 Å². The standard InChI is InChI=1S/C16H21N3O2/c1-2-18(12-6-4-3-5-7-12)16(21)19-13-8-15(20)9-14(19)11-17-10-13/h3-7,13-14,17H,2,8-11H2,1H3. The Morgan fingerprint density at radius 2 is 1.86 bits per heavy atom. The average Bonchev–Trinajstić information content (AvgIpc) is 2.48. The first-order valence-electron chi connectivity index (χ1n) is 7.58. The third-order valence-electron chi connectivity index (χ3n) is 4.31. The number of piperazine rings is 1. The summed E-state index contributed by atoms with van der Waals surface area (Å²) in [7, 11) is 0. The number of anilines is 1. The van der Waals surface area contributed by atoms with Crippen LogP contribution in [0.25, 0.3) is 0 Å². The van der Waals surface area contributed by atoms with Crippen molar-refractivity contribution < 1.29 is 9.59 Å². The number of fused-ring (bicyclic) bond motifs is 2. The van der Waals surface area contributed by atoms with Gasteiger partial charge in [-0.1, -0.05) is 18.2 Å². The molecule has 0 spiro atoms. The second-order valence-electron chi connectivity index (χ2n) is 5.68. The van der Waals surface area contributed by atoms with E-state index in [1.807, 2.05) is 42.2 Å². The number of hydrogen-bond acceptors (Lipinski definition) is 3. The molecular formula is C16H21N3O2. The van der Waals surface area contributed by atoms with Crippen molar-refractivity contribution in [2.45, 2.75) is 31.8 Å². The maximum Gasteiger partial charge on any atom is 0.325 e. The van der Waals surface area contributed by atoms with Crippen molar-refractivity contribution in [3.05, 3.63) is 30.3 Å². The van der Waals surface area contributed by atoms with Gasteiger partial charge in [0, 0.05) is 38.2 Å². The van der Waals surface area contributed by atoms with Gasteiger partial charge in [-0.2, -0.15) is 0 Å². The Bertz CT molecular complexity index is 516. The second kappa shape index (κ2) is 5.85. The summed E-state index contributed by atoms with van der Waals surface area (Å²) in [6.45, 7) is 4.02. The molecule has 2 aliphatic rings. The number of nitrogens with zero attached hydrogens (tertiary/aromatic N) is 2. The fraction of sp³-hybridized carbons (Fsp3) is 0.500. The molecule has 2 atom stereocenters. The molecule has 2 amide bonds. The maximum absolute atomic E-state index is 13.0. The largest absolute Gasteiger partial charge is 0.325 e. The second-order valence-corrected chi connectivity index (χ2v) is 5.68. The molecule has 2 heterocycles. The Balaban J connectivity index is 1.85. The van der Waals surface area contributed by atoms with Gasteiger partial charge in [-0.25, -0.2) is 4.79 Å². The topological polar surface area (TPSA) is 52.7 Å². The molecule has 2 fully saturated rings. The minimum atomic E-state index is -0.00439. The summed E-state index contributed by atoms with van der Waals surface area (Å²) in [6, 6.07) is 9.73. The molecule has 2 aliphatic heterocycles. The van der Waals surface area contributed by atoms with E-state index in [2.05, 4.69) is 5.32 Å². The Labute approximate surface area is 124 Å². The van der Waals surface area contributed by atoms with E-state index in [9.17, 15) is 9.59 Å². The van der Waals surface area contributed by atoms with E-state index in [1.54, 1.807) is 4.90 Å². The van der Waals surface area contributed by atoms with E-state index >= 15 is 0 Å². The average molecular weight is 287 g/mol. The molecule has 5 nitrogen and oxygen atoms in total. The van der Waals surface area contributed by atoms with Gasteiger partial charge in [0.2, 0.25) is 0 Å². The van der Waals surface area contributed by atoms with Gasteiger partial charge in [-0.05, 0) is 19.1 Å². The fourth-order valence-corrected chi connectivity index (χ4v) is 3.35. The van der Waals surface area contributed by atoms with Gasteiger partial charge in [-0.15, -0.1) is 0 Å². The lowest BCUT2D eigenvalue weighted by Crippen LogP contribution is -2.65. The monoisotopic (exact) mass is 287 g/mol. The van der Waals surface area contributed by atoms with E-state index in [4.69, 9.17) is 0 Å². The number of ketones is 1. The van der Waals surface area contributed by atoms with Crippen LogP contribution in [0.5, 0.6) is 0 Å². The normalized spacial score (nSPS) is 24.8. The Morgan fingerprint density at radius 1 is 1.24 bits per heavy atom. The molecule has 2 bridgehead atoms. The highest BCUT2D eigenvalue weighted by atomic mass is 16.2. The highest BCUT2D eigenvalue weighted by Crippen LogP contribution is 2.26. The van der Waals surface area contributed by atoms with E-state index in [0.717, 1.165) is 5.69 Å². The van der Waals surface area contributed by atoms with Crippen LogP contribution in [0.4, 0.5) is 10.5 Å². The number of carbonyl (C=O) groups is 2. The molecule has 3 rings (SSSR count). The van der Waals surface area contributed by atoms with Gasteiger partial charge < -0.3 is 10.2 Å². The molecule has 1 aromatic rings. The van der Waals surface area contributed by atoms with Crippen molar-refractivity contribution in [3.63, 3.8) is 0 Å². The first-order chi connectivity index (χ1) is 10.2. The maximum atomic E-state index is 13.0. The summed E-state index contributed by atoms with van der Waals surface area (Å²) >= 11 is 0. The molecule has 0 aliphatic carbocycles. The lowest BCUT2D eigenvalue weighted by molar-refractivity contribution is -0.124. The quantitative estimate of drug-likeness (QED) is 0.899. The summed E-state index contributed by atoms with van der Waals surface area (Å²) in [6.07, 6.45) is 0.948. The molecule has 112 valence electrons. The predicted octanol–water partition coefficient (Wildman–Crippen LogP) is 1.64. The number of amides is 2. The zero-order valence-corrected chi connectivity index (χ0v) is 12.3. The number of piperidine rings is 1. The van der Waals surface area contributed by atoms with Crippen LogP contribution in [0.1, 0.15) is 19.8 Å². The van der Waals surface area contributed by atoms with Crippen LogP contribution in [0.2, 0.25) is 0 Å². The first kappa shape index (κ1) is 14.1. The van der Waals surface area contributed by atoms with Crippen molar-refractivity contribution in [1.82, 2.24) is 10.2 Å². The van der Waals surface area contributed by atoms with Crippen LogP contribution in [0.15, 0.2) is 30.3 Å². The molecule has 1 N–H and O–H groups in total. The van der Waals surface area contributed by atoms with Crippen LogP contribution in [-0.2, 0) is 4.79 Å². The molecule has 0 saturated carbocycles. The molecule has 0 aromatic heterocycles. The smallest absolute Gasteiger partial charge is 0.315 e. The van der Waals surface area contributed by atoms with Crippen molar-refractivity contribution in [2.75, 3.05) is 24.5 Å². The van der Waals surface area contributed by atoms with Crippen molar-refractivity contribution >= 4 is 17.5 Å². The van der Waals surface area contributed by atoms with Crippen LogP contribution in [0, 0.1) is 0 Å². The predicted molar refractivity (Wildman–Crippen MR) is 81.4 cm³/mol. The van der Waals surface area contributed by atoms with Gasteiger partial charge in [0.05, 0.1) is 12.1 Å². The number of benzene rings is 1. The minimum absolute atomic E-state index is 0.00439. The molecule has 1 aromatic carbocycles. The van der Waals surface area contributed by atoms with Crippen molar-refractivity contribution in [1.29, 1.82) is 0 Å². The van der Waals surface area contributed by atoms with Gasteiger partial charge in [0.25, 0.3) is 0 Å². The number of hydrogen-bond donors (Lipinski definition) is 1. The number of Topliss-reactive ketones (excluding diaryl/α,β-unsaturated/α-hetero) is 1. The third-order valence-corrected chi connectivity index (χ3v) is 4.31. The summed E-state index contributed by atoms with van der Waals surface area (Å²) < 4.78 is 0. The summed E-state index contributed by atoms with van der Waals surface area (Å²) in [5.74, 6) is 0.276. The lowest BCUT2D eigenvalue weighted by Gasteiger charge is -2.47. The fourth-order valence-electron chi connectivity index (χ4n) is 3.35. The molecule has 0 radical (unpaired) electrons. The highest BCUT2D eigenvalue weighted by Gasteiger charge is 2.41. The third kappa shape index (κ3) is 2.65. The molecule has 5 heteroatoms. The SMILES string of the molecule is CCN(C(=O)N1C2CNCC1CC(=O)C2)c1ccccc1. The van der Waals surface area contributed by atoms with E-state index in [0.29, 0.717) is 32.5 Å². The van der Waals surface area contributed by atoms with Crippen LogP contribution < -0.4 is 10.2 Å². The van der Waals surface area contributed by atoms with Gasteiger partial charge in [-0.3, -0.25) is 9.69 Å². The Hall–Kier alpha value is -1.88. The van der Waals surface area contributed by atoms with Gasteiger partial charge in [0.1, 0.15) is 5.78 Å². The van der Waals surface area contributed by atoms with E-state index in [-0.39, 0.29) is 23.9 Å².